The van der Waals surface area contributed by atoms with Crippen LogP contribution in [0.3, 0.4) is 0 Å². The number of hydrogen-bond donors (Lipinski definition) is 0. The van der Waals surface area contributed by atoms with E-state index in [9.17, 15) is 14.4 Å². The maximum atomic E-state index is 12.7. The number of hydrogen-bond acceptors (Lipinski definition) is 4. The largest absolute Gasteiger partial charge is 0.341 e. The molecule has 0 atom stereocenters. The Morgan fingerprint density at radius 3 is 2.20 bits per heavy atom. The molecule has 0 radical (unpaired) electrons. The maximum absolute atomic E-state index is 12.7. The van der Waals surface area contributed by atoms with Crippen molar-refractivity contribution in [1.82, 2.24) is 9.80 Å². The molecule has 1 aromatic carbocycles. The second-order valence-corrected chi connectivity index (χ2v) is 5.83. The van der Waals surface area contributed by atoms with Crippen molar-refractivity contribution in [1.29, 1.82) is 0 Å². The summed E-state index contributed by atoms with van der Waals surface area (Å²) in [6.07, 6.45) is 3.47. The average molecular weight is 337 g/mol. The van der Waals surface area contributed by atoms with Crippen LogP contribution < -0.4 is 4.90 Å². The molecular weight excluding hydrogens is 318 g/mol. The first kappa shape index (κ1) is 16.7. The number of urea groups is 1. The zero-order chi connectivity index (χ0) is 18.3. The Bertz CT molecular complexity index is 840. The van der Waals surface area contributed by atoms with Gasteiger partial charge in [0, 0.05) is 43.2 Å². The number of anilines is 1. The van der Waals surface area contributed by atoms with Gasteiger partial charge in [0.1, 0.15) is 5.57 Å². The van der Waals surface area contributed by atoms with E-state index in [2.05, 4.69) is 11.5 Å². The third-order valence-electron chi connectivity index (χ3n) is 4.49. The van der Waals surface area contributed by atoms with Gasteiger partial charge in [-0.15, -0.1) is 0 Å². The molecule has 2 heterocycles. The summed E-state index contributed by atoms with van der Waals surface area (Å²) < 4.78 is 0. The Morgan fingerprint density at radius 2 is 1.64 bits per heavy atom. The third-order valence-corrected chi connectivity index (χ3v) is 4.49. The van der Waals surface area contributed by atoms with Gasteiger partial charge in [-0.1, -0.05) is 24.8 Å². The van der Waals surface area contributed by atoms with Crippen LogP contribution in [0.5, 0.6) is 0 Å². The van der Waals surface area contributed by atoms with Crippen molar-refractivity contribution in [3.05, 3.63) is 59.8 Å². The van der Waals surface area contributed by atoms with Crippen molar-refractivity contribution in [2.75, 3.05) is 25.5 Å². The highest BCUT2D eigenvalue weighted by molar-refractivity contribution is 6.33. The van der Waals surface area contributed by atoms with Gasteiger partial charge in [0.2, 0.25) is 0 Å². The summed E-state index contributed by atoms with van der Waals surface area (Å²) in [4.78, 5) is 41.3. The van der Waals surface area contributed by atoms with Crippen LogP contribution in [-0.2, 0) is 9.59 Å². The van der Waals surface area contributed by atoms with E-state index in [1.165, 1.54) is 14.1 Å². The fourth-order valence-corrected chi connectivity index (χ4v) is 3.16. The average Bonchev–Trinajstić information content (AvgIpc) is 2.64. The van der Waals surface area contributed by atoms with Crippen molar-refractivity contribution < 1.29 is 14.4 Å². The van der Waals surface area contributed by atoms with Gasteiger partial charge >= 0.3 is 6.03 Å². The fraction of sp³-hybridized carbons (Fsp3) is 0.211. The minimum atomic E-state index is -0.633. The van der Waals surface area contributed by atoms with Crippen molar-refractivity contribution in [3.8, 4) is 0 Å². The van der Waals surface area contributed by atoms with Gasteiger partial charge in [0.25, 0.3) is 11.8 Å². The van der Waals surface area contributed by atoms with Crippen molar-refractivity contribution in [2.24, 2.45) is 0 Å². The van der Waals surface area contributed by atoms with Crippen LogP contribution in [0, 0.1) is 0 Å². The molecule has 1 aromatic rings. The highest BCUT2D eigenvalue weighted by Gasteiger charge is 2.40. The molecule has 0 spiro atoms. The van der Waals surface area contributed by atoms with E-state index in [0.29, 0.717) is 5.57 Å². The lowest BCUT2D eigenvalue weighted by molar-refractivity contribution is -0.134. The second kappa shape index (κ2) is 6.05. The summed E-state index contributed by atoms with van der Waals surface area (Å²) in [5, 5.41) is 0. The molecule has 0 bridgehead atoms. The van der Waals surface area contributed by atoms with Gasteiger partial charge in [0.15, 0.2) is 0 Å². The lowest BCUT2D eigenvalue weighted by Gasteiger charge is -2.34. The topological polar surface area (TPSA) is 60.9 Å². The summed E-state index contributed by atoms with van der Waals surface area (Å²) in [5.74, 6) is -1.19. The molecule has 0 N–H and O–H groups in total. The minimum absolute atomic E-state index is 0.00727. The maximum Gasteiger partial charge on any atom is 0.333 e. The van der Waals surface area contributed by atoms with Crippen molar-refractivity contribution in [2.45, 2.75) is 6.92 Å². The molecule has 6 nitrogen and oxygen atoms in total. The van der Waals surface area contributed by atoms with Crippen LogP contribution >= 0.6 is 0 Å². The first-order valence-corrected chi connectivity index (χ1v) is 7.97. The van der Waals surface area contributed by atoms with Crippen molar-refractivity contribution >= 4 is 29.1 Å². The van der Waals surface area contributed by atoms with Gasteiger partial charge < -0.3 is 4.90 Å². The highest BCUT2D eigenvalue weighted by Crippen LogP contribution is 2.39. The normalized spacial score (nSPS) is 17.8. The van der Waals surface area contributed by atoms with E-state index in [0.717, 1.165) is 33.3 Å². The van der Waals surface area contributed by atoms with E-state index in [4.69, 9.17) is 0 Å². The molecule has 2 aliphatic rings. The number of fused-ring (bicyclic) bond motifs is 1. The first-order chi connectivity index (χ1) is 11.9. The van der Waals surface area contributed by atoms with E-state index in [1.54, 1.807) is 12.2 Å². The summed E-state index contributed by atoms with van der Waals surface area (Å²) in [7, 11) is 2.75. The number of amides is 4. The number of rotatable bonds is 2. The number of carbonyl (C=O) groups excluding carboxylic acids is 3. The zero-order valence-corrected chi connectivity index (χ0v) is 14.4. The molecule has 3 rings (SSSR count). The van der Waals surface area contributed by atoms with Gasteiger partial charge in [-0.2, -0.15) is 0 Å². The molecular formula is C19H19N3O3. The second-order valence-electron chi connectivity index (χ2n) is 5.83. The molecule has 1 saturated heterocycles. The van der Waals surface area contributed by atoms with Crippen LogP contribution in [-0.4, -0.2) is 48.3 Å². The standard InChI is InChI=1S/C19H19N3O3/c1-5-12-11-14(13-9-7-8-10-15(13)22(12)6-2)16-17(23)20(3)19(25)21(4)18(16)24/h5,7-11H,1,6H2,2-4H3. The van der Waals surface area contributed by atoms with Gasteiger partial charge in [-0.25, -0.2) is 4.79 Å². The molecule has 0 aromatic heterocycles. The van der Waals surface area contributed by atoms with Crippen LogP contribution in [0.15, 0.2) is 54.3 Å². The lowest BCUT2D eigenvalue weighted by Crippen LogP contribution is -2.53. The number of likely N-dealkylation sites (N-methyl/N-ethyl adjacent to an activating group) is 3. The molecule has 1 fully saturated rings. The molecule has 128 valence electrons. The number of nitrogens with zero attached hydrogens (tertiary/aromatic N) is 3. The Hall–Kier alpha value is -3.15. The molecule has 0 aliphatic carbocycles. The Balaban J connectivity index is 2.32. The van der Waals surface area contributed by atoms with Crippen molar-refractivity contribution in [3.63, 3.8) is 0 Å². The number of para-hydroxylation sites is 1. The summed E-state index contributed by atoms with van der Waals surface area (Å²) in [6.45, 7) is 6.57. The van der Waals surface area contributed by atoms with E-state index in [1.807, 2.05) is 31.2 Å². The molecule has 4 amide bonds. The highest BCUT2D eigenvalue weighted by atomic mass is 16.2. The number of benzene rings is 1. The predicted molar refractivity (Wildman–Crippen MR) is 95.6 cm³/mol. The van der Waals surface area contributed by atoms with Crippen LogP contribution in [0.4, 0.5) is 10.5 Å². The Morgan fingerprint density at radius 1 is 1.04 bits per heavy atom. The summed E-state index contributed by atoms with van der Waals surface area (Å²) in [6, 6.07) is 6.94. The van der Waals surface area contributed by atoms with Crippen LogP contribution in [0.2, 0.25) is 0 Å². The van der Waals surface area contributed by atoms with E-state index < -0.39 is 17.8 Å². The third kappa shape index (κ3) is 2.38. The molecule has 6 heteroatoms. The monoisotopic (exact) mass is 337 g/mol. The summed E-state index contributed by atoms with van der Waals surface area (Å²) >= 11 is 0. The number of allylic oxidation sites excluding steroid dienone is 3. The number of carbonyl (C=O) groups is 3. The van der Waals surface area contributed by atoms with Gasteiger partial charge in [0.05, 0.1) is 0 Å². The minimum Gasteiger partial charge on any atom is -0.341 e. The van der Waals surface area contributed by atoms with Crippen LogP contribution in [0.25, 0.3) is 5.57 Å². The van der Waals surface area contributed by atoms with Gasteiger partial charge in [-0.3, -0.25) is 19.4 Å². The molecule has 0 saturated carbocycles. The Labute approximate surface area is 146 Å². The quantitative estimate of drug-likeness (QED) is 0.614. The summed E-state index contributed by atoms with van der Waals surface area (Å²) in [5.41, 5.74) is 2.98. The smallest absolute Gasteiger partial charge is 0.333 e. The van der Waals surface area contributed by atoms with Gasteiger partial charge in [-0.05, 0) is 25.1 Å². The zero-order valence-electron chi connectivity index (χ0n) is 14.4. The first-order valence-electron chi connectivity index (χ1n) is 7.97. The molecule has 0 unspecified atom stereocenters. The SMILES string of the molecule is C=CC1=CC(=C2C(=O)N(C)C(=O)N(C)C2=O)c2ccccc2N1CC. The van der Waals surface area contributed by atoms with E-state index in [-0.39, 0.29) is 5.57 Å². The fourth-order valence-electron chi connectivity index (χ4n) is 3.16. The lowest BCUT2D eigenvalue weighted by atomic mass is 9.91. The van der Waals surface area contributed by atoms with Crippen LogP contribution in [0.1, 0.15) is 12.5 Å². The Kier molecular flexibility index (Phi) is 4.04. The molecule has 2 aliphatic heterocycles. The molecule has 25 heavy (non-hydrogen) atoms. The van der Waals surface area contributed by atoms with E-state index >= 15 is 0 Å². The predicted octanol–water partition coefficient (Wildman–Crippen LogP) is 2.40. The number of barbiturate groups is 1. The number of imide groups is 2.